The Morgan fingerprint density at radius 2 is 1.47 bits per heavy atom. The van der Waals surface area contributed by atoms with Gasteiger partial charge in [0, 0.05) is 54.6 Å². The average molecular weight is 460 g/mol. The molecular weight excluding hydrogens is 430 g/mol. The standard InChI is InChI=1S/C26H29N5O3/c1-30-9-11-31(12-10-30)20-7-5-17(6-8-20)19-13-21-24(28-29-26(21)27-16-19)18-14-22(32-2)25(34-4)23(15-18)33-3/h5-8,13-16H,9-12H2,1-4H3,(H,27,28,29). The number of rotatable bonds is 6. The van der Waals surface area contributed by atoms with Gasteiger partial charge in [0.2, 0.25) is 5.75 Å². The van der Waals surface area contributed by atoms with Gasteiger partial charge in [-0.3, -0.25) is 5.10 Å². The number of pyridine rings is 1. The van der Waals surface area contributed by atoms with Crippen molar-refractivity contribution in [2.75, 3.05) is 59.5 Å². The number of piperazine rings is 1. The fourth-order valence-electron chi connectivity index (χ4n) is 4.43. The molecule has 1 saturated heterocycles. The lowest BCUT2D eigenvalue weighted by atomic mass is 10.0. The minimum atomic E-state index is 0.553. The molecule has 1 aliphatic rings. The van der Waals surface area contributed by atoms with Crippen LogP contribution in [0, 0.1) is 0 Å². The summed E-state index contributed by atoms with van der Waals surface area (Å²) in [5, 5.41) is 8.46. The normalized spacial score (nSPS) is 14.4. The lowest BCUT2D eigenvalue weighted by molar-refractivity contribution is 0.313. The third kappa shape index (κ3) is 4.01. The number of anilines is 1. The summed E-state index contributed by atoms with van der Waals surface area (Å²) in [5.41, 5.74) is 5.78. The largest absolute Gasteiger partial charge is 0.493 e. The molecule has 1 N–H and O–H groups in total. The van der Waals surface area contributed by atoms with E-state index < -0.39 is 0 Å². The van der Waals surface area contributed by atoms with Crippen LogP contribution >= 0.6 is 0 Å². The summed E-state index contributed by atoms with van der Waals surface area (Å²) in [7, 11) is 6.98. The lowest BCUT2D eigenvalue weighted by Crippen LogP contribution is -2.44. The van der Waals surface area contributed by atoms with Crippen molar-refractivity contribution in [2.45, 2.75) is 0 Å². The molecular formula is C26H29N5O3. The second-order valence-corrected chi connectivity index (χ2v) is 8.44. The molecule has 5 rings (SSSR count). The molecule has 8 nitrogen and oxygen atoms in total. The summed E-state index contributed by atoms with van der Waals surface area (Å²) in [5.74, 6) is 1.73. The minimum absolute atomic E-state index is 0.553. The van der Waals surface area contributed by atoms with Crippen LogP contribution in [0.3, 0.4) is 0 Å². The molecule has 3 heterocycles. The molecule has 2 aromatic carbocycles. The molecule has 34 heavy (non-hydrogen) atoms. The van der Waals surface area contributed by atoms with E-state index in [1.54, 1.807) is 21.3 Å². The molecule has 176 valence electrons. The molecule has 0 radical (unpaired) electrons. The number of hydrogen-bond acceptors (Lipinski definition) is 7. The van der Waals surface area contributed by atoms with Gasteiger partial charge < -0.3 is 24.0 Å². The van der Waals surface area contributed by atoms with Crippen molar-refractivity contribution in [3.8, 4) is 39.6 Å². The second kappa shape index (κ2) is 9.23. The van der Waals surface area contributed by atoms with Crippen molar-refractivity contribution < 1.29 is 14.2 Å². The van der Waals surface area contributed by atoms with E-state index >= 15 is 0 Å². The Bertz CT molecular complexity index is 1270. The summed E-state index contributed by atoms with van der Waals surface area (Å²) in [6.45, 7) is 4.28. The third-order valence-corrected chi connectivity index (χ3v) is 6.43. The summed E-state index contributed by atoms with van der Waals surface area (Å²) in [6, 6.07) is 14.7. The fourth-order valence-corrected chi connectivity index (χ4v) is 4.43. The second-order valence-electron chi connectivity index (χ2n) is 8.44. The number of nitrogens with one attached hydrogen (secondary N) is 1. The molecule has 4 aromatic rings. The molecule has 0 aliphatic carbocycles. The molecule has 0 spiro atoms. The first-order chi connectivity index (χ1) is 16.6. The first kappa shape index (κ1) is 22.0. The minimum Gasteiger partial charge on any atom is -0.493 e. The first-order valence-electron chi connectivity index (χ1n) is 11.3. The predicted molar refractivity (Wildman–Crippen MR) is 134 cm³/mol. The summed E-state index contributed by atoms with van der Waals surface area (Å²) < 4.78 is 16.5. The topological polar surface area (TPSA) is 75.7 Å². The number of aromatic amines is 1. The third-order valence-electron chi connectivity index (χ3n) is 6.43. The number of hydrogen-bond donors (Lipinski definition) is 1. The van der Waals surface area contributed by atoms with Gasteiger partial charge in [-0.25, -0.2) is 4.98 Å². The van der Waals surface area contributed by atoms with Gasteiger partial charge in [0.1, 0.15) is 0 Å². The van der Waals surface area contributed by atoms with Crippen LogP contribution in [-0.4, -0.2) is 74.6 Å². The highest BCUT2D eigenvalue weighted by Gasteiger charge is 2.18. The van der Waals surface area contributed by atoms with E-state index in [0.29, 0.717) is 22.9 Å². The quantitative estimate of drug-likeness (QED) is 0.466. The Morgan fingerprint density at radius 3 is 2.09 bits per heavy atom. The van der Waals surface area contributed by atoms with E-state index in [1.807, 2.05) is 18.3 Å². The number of methoxy groups -OCH3 is 3. The van der Waals surface area contributed by atoms with Gasteiger partial charge >= 0.3 is 0 Å². The highest BCUT2D eigenvalue weighted by atomic mass is 16.5. The number of H-pyrrole nitrogens is 1. The van der Waals surface area contributed by atoms with Crippen LogP contribution in [0.4, 0.5) is 5.69 Å². The van der Waals surface area contributed by atoms with E-state index in [4.69, 9.17) is 14.2 Å². The van der Waals surface area contributed by atoms with E-state index in [2.05, 4.69) is 62.4 Å². The predicted octanol–water partition coefficient (Wildman–Crippen LogP) is 4.07. The zero-order valence-corrected chi connectivity index (χ0v) is 20.0. The molecule has 2 aromatic heterocycles. The number of likely N-dealkylation sites (N-methyl/N-ethyl adjacent to an activating group) is 1. The van der Waals surface area contributed by atoms with Crippen molar-refractivity contribution in [1.82, 2.24) is 20.1 Å². The van der Waals surface area contributed by atoms with Gasteiger partial charge in [0.25, 0.3) is 0 Å². The van der Waals surface area contributed by atoms with Crippen LogP contribution in [0.25, 0.3) is 33.4 Å². The molecule has 1 aliphatic heterocycles. The van der Waals surface area contributed by atoms with Crippen molar-refractivity contribution in [2.24, 2.45) is 0 Å². The Kier molecular flexibility index (Phi) is 5.98. The van der Waals surface area contributed by atoms with Crippen LogP contribution in [0.5, 0.6) is 17.2 Å². The number of nitrogens with zero attached hydrogens (tertiary/aromatic N) is 4. The van der Waals surface area contributed by atoms with Crippen LogP contribution in [0.2, 0.25) is 0 Å². The summed E-state index contributed by atoms with van der Waals surface area (Å²) in [6.07, 6.45) is 1.87. The van der Waals surface area contributed by atoms with Gasteiger partial charge in [-0.1, -0.05) is 12.1 Å². The van der Waals surface area contributed by atoms with E-state index in [9.17, 15) is 0 Å². The number of ether oxygens (including phenoxy) is 3. The van der Waals surface area contributed by atoms with Crippen LogP contribution in [0.15, 0.2) is 48.7 Å². The molecule has 8 heteroatoms. The van der Waals surface area contributed by atoms with Gasteiger partial charge in [0.15, 0.2) is 17.1 Å². The molecule has 1 fully saturated rings. The van der Waals surface area contributed by atoms with Crippen molar-refractivity contribution in [3.05, 3.63) is 48.7 Å². The Morgan fingerprint density at radius 1 is 0.794 bits per heavy atom. The summed E-state index contributed by atoms with van der Waals surface area (Å²) >= 11 is 0. The van der Waals surface area contributed by atoms with E-state index in [1.165, 1.54) is 5.69 Å². The molecule has 0 saturated carbocycles. The Balaban J connectivity index is 1.49. The Labute approximate surface area is 199 Å². The van der Waals surface area contributed by atoms with Crippen LogP contribution in [0.1, 0.15) is 0 Å². The number of fused-ring (bicyclic) bond motifs is 1. The van der Waals surface area contributed by atoms with E-state index in [-0.39, 0.29) is 0 Å². The van der Waals surface area contributed by atoms with Gasteiger partial charge in [-0.05, 0) is 42.9 Å². The maximum absolute atomic E-state index is 5.53. The fraction of sp³-hybridized carbons (Fsp3) is 0.308. The zero-order chi connectivity index (χ0) is 23.7. The van der Waals surface area contributed by atoms with Crippen molar-refractivity contribution in [3.63, 3.8) is 0 Å². The molecule has 0 bridgehead atoms. The Hall–Kier alpha value is -3.78. The van der Waals surface area contributed by atoms with Gasteiger partial charge in [-0.15, -0.1) is 0 Å². The average Bonchev–Trinajstić information content (AvgIpc) is 3.31. The maximum atomic E-state index is 5.53. The van der Waals surface area contributed by atoms with Gasteiger partial charge in [-0.2, -0.15) is 5.10 Å². The van der Waals surface area contributed by atoms with Crippen molar-refractivity contribution in [1.29, 1.82) is 0 Å². The lowest BCUT2D eigenvalue weighted by Gasteiger charge is -2.34. The highest BCUT2D eigenvalue weighted by Crippen LogP contribution is 2.42. The zero-order valence-electron chi connectivity index (χ0n) is 20.0. The molecule has 0 amide bonds. The first-order valence-corrected chi connectivity index (χ1v) is 11.3. The molecule has 0 unspecified atom stereocenters. The van der Waals surface area contributed by atoms with Gasteiger partial charge in [0.05, 0.1) is 27.0 Å². The van der Waals surface area contributed by atoms with Crippen molar-refractivity contribution >= 4 is 16.7 Å². The van der Waals surface area contributed by atoms with E-state index in [0.717, 1.165) is 53.9 Å². The SMILES string of the molecule is COc1cc(-c2[nH]nc3ncc(-c4ccc(N5CCN(C)CC5)cc4)cc23)cc(OC)c1OC. The maximum Gasteiger partial charge on any atom is 0.203 e. The van der Waals surface area contributed by atoms with Crippen LogP contribution < -0.4 is 19.1 Å². The molecule has 0 atom stereocenters. The highest BCUT2D eigenvalue weighted by molar-refractivity contribution is 5.94. The summed E-state index contributed by atoms with van der Waals surface area (Å²) in [4.78, 5) is 9.40. The van der Waals surface area contributed by atoms with Crippen LogP contribution in [-0.2, 0) is 0 Å². The monoisotopic (exact) mass is 459 g/mol. The number of benzene rings is 2. The smallest absolute Gasteiger partial charge is 0.203 e. The number of aromatic nitrogens is 3.